The fourth-order valence-corrected chi connectivity index (χ4v) is 7.44. The van der Waals surface area contributed by atoms with Crippen LogP contribution in [0.4, 0.5) is 9.39 Å². The minimum Gasteiger partial charge on any atom is -0.462 e. The van der Waals surface area contributed by atoms with Crippen molar-refractivity contribution in [3.8, 4) is 6.07 Å². The van der Waals surface area contributed by atoms with Gasteiger partial charge >= 0.3 is 5.97 Å². The molecule has 0 saturated carbocycles. The van der Waals surface area contributed by atoms with Gasteiger partial charge in [0.25, 0.3) is 0 Å². The van der Waals surface area contributed by atoms with Crippen LogP contribution in [0.15, 0.2) is 46.9 Å². The van der Waals surface area contributed by atoms with Gasteiger partial charge in [-0.15, -0.1) is 11.3 Å². The van der Waals surface area contributed by atoms with Gasteiger partial charge in [0.15, 0.2) is 5.78 Å². The Morgan fingerprint density at radius 2 is 1.92 bits per heavy atom. The van der Waals surface area contributed by atoms with E-state index in [-0.39, 0.29) is 29.2 Å². The molecule has 2 aromatic rings. The summed E-state index contributed by atoms with van der Waals surface area (Å²) < 4.78 is 19.3. The lowest BCUT2D eigenvalue weighted by Gasteiger charge is -2.43. The van der Waals surface area contributed by atoms with Crippen LogP contribution in [0.3, 0.4) is 0 Å². The molecule has 3 aliphatic rings. The second-order valence-electron chi connectivity index (χ2n) is 11.0. The number of carbonyl (C=O) groups is 2. The molecular formula is C30H32FN3O3S. The van der Waals surface area contributed by atoms with E-state index in [0.717, 1.165) is 42.5 Å². The summed E-state index contributed by atoms with van der Waals surface area (Å²) in [5.41, 5.74) is 10.0. The Morgan fingerprint density at radius 3 is 2.61 bits per heavy atom. The average molecular weight is 534 g/mol. The number of rotatable bonds is 4. The van der Waals surface area contributed by atoms with Gasteiger partial charge in [-0.2, -0.15) is 5.26 Å². The van der Waals surface area contributed by atoms with Gasteiger partial charge in [-0.3, -0.25) is 9.69 Å². The largest absolute Gasteiger partial charge is 0.462 e. The highest BCUT2D eigenvalue weighted by Crippen LogP contribution is 2.53. The first-order chi connectivity index (χ1) is 18.2. The van der Waals surface area contributed by atoms with Crippen molar-refractivity contribution in [3.63, 3.8) is 0 Å². The topological polar surface area (TPSA) is 96.4 Å². The van der Waals surface area contributed by atoms with Crippen molar-refractivity contribution in [1.82, 2.24) is 0 Å². The van der Waals surface area contributed by atoms with E-state index in [1.807, 2.05) is 13.8 Å². The van der Waals surface area contributed by atoms with Crippen LogP contribution in [0.2, 0.25) is 0 Å². The molecule has 5 rings (SSSR count). The SMILES string of the molecule is CCOC(=O)c1c(N2C(N)=C(C#N)C(c3ccc(F)cc3)C3=C2CC(C)(C)CC3=O)sc2c1CCCCC2. The molecule has 1 unspecified atom stereocenters. The monoisotopic (exact) mass is 533 g/mol. The number of halogens is 1. The van der Waals surface area contributed by atoms with E-state index in [9.17, 15) is 19.2 Å². The summed E-state index contributed by atoms with van der Waals surface area (Å²) in [7, 11) is 0. The number of benzene rings is 1. The minimum absolute atomic E-state index is 0.0633. The molecule has 0 radical (unpaired) electrons. The van der Waals surface area contributed by atoms with Gasteiger partial charge in [0.05, 0.1) is 29.7 Å². The summed E-state index contributed by atoms with van der Waals surface area (Å²) >= 11 is 1.51. The predicted octanol–water partition coefficient (Wildman–Crippen LogP) is 6.27. The smallest absolute Gasteiger partial charge is 0.341 e. The van der Waals surface area contributed by atoms with Crippen molar-refractivity contribution in [2.75, 3.05) is 11.5 Å². The van der Waals surface area contributed by atoms with Crippen LogP contribution in [0.25, 0.3) is 0 Å². The molecule has 1 aromatic heterocycles. The highest BCUT2D eigenvalue weighted by Gasteiger charge is 2.46. The van der Waals surface area contributed by atoms with E-state index in [4.69, 9.17) is 10.5 Å². The third kappa shape index (κ3) is 4.43. The molecule has 8 heteroatoms. The molecule has 1 atom stereocenters. The van der Waals surface area contributed by atoms with Gasteiger partial charge in [-0.1, -0.05) is 32.4 Å². The quantitative estimate of drug-likeness (QED) is 0.367. The zero-order chi connectivity index (χ0) is 27.2. The van der Waals surface area contributed by atoms with E-state index < -0.39 is 17.7 Å². The van der Waals surface area contributed by atoms with Crippen molar-refractivity contribution in [3.05, 3.63) is 74.3 Å². The van der Waals surface area contributed by atoms with Crippen molar-refractivity contribution >= 4 is 28.1 Å². The molecule has 0 fully saturated rings. The second-order valence-corrected chi connectivity index (χ2v) is 12.1. The number of esters is 1. The van der Waals surface area contributed by atoms with Crippen molar-refractivity contribution < 1.29 is 18.7 Å². The van der Waals surface area contributed by atoms with Crippen molar-refractivity contribution in [1.29, 1.82) is 5.26 Å². The third-order valence-corrected chi connectivity index (χ3v) is 8.95. The average Bonchev–Trinajstić information content (AvgIpc) is 3.05. The van der Waals surface area contributed by atoms with Gasteiger partial charge < -0.3 is 10.5 Å². The minimum atomic E-state index is -0.695. The molecule has 2 heterocycles. The Balaban J connectivity index is 1.79. The second kappa shape index (κ2) is 10.0. The lowest BCUT2D eigenvalue weighted by molar-refractivity contribution is -0.118. The number of thiophene rings is 1. The summed E-state index contributed by atoms with van der Waals surface area (Å²) in [6.07, 6.45) is 5.62. The maximum atomic E-state index is 13.8. The summed E-state index contributed by atoms with van der Waals surface area (Å²) in [5, 5.41) is 11.0. The number of nitrogens with zero attached hydrogens (tertiary/aromatic N) is 2. The maximum absolute atomic E-state index is 13.8. The number of anilines is 1. The fraction of sp³-hybridized carbons (Fsp3) is 0.433. The molecule has 1 aromatic carbocycles. The summed E-state index contributed by atoms with van der Waals surface area (Å²) in [6.45, 7) is 6.09. The van der Waals surface area contributed by atoms with Gasteiger partial charge in [-0.05, 0) is 67.7 Å². The Hall–Kier alpha value is -3.44. The Morgan fingerprint density at radius 1 is 1.21 bits per heavy atom. The van der Waals surface area contributed by atoms with E-state index in [1.54, 1.807) is 24.0 Å². The molecule has 0 amide bonds. The number of nitrogens with two attached hydrogens (primary N) is 1. The molecule has 1 aliphatic heterocycles. The normalized spacial score (nSPS) is 21.0. The zero-order valence-electron chi connectivity index (χ0n) is 22.0. The first-order valence-corrected chi connectivity index (χ1v) is 14.0. The van der Waals surface area contributed by atoms with Gasteiger partial charge in [0, 0.05) is 22.6 Å². The van der Waals surface area contributed by atoms with Gasteiger partial charge in [0.2, 0.25) is 0 Å². The number of fused-ring (bicyclic) bond motifs is 1. The van der Waals surface area contributed by atoms with Crippen LogP contribution in [0.1, 0.15) is 85.2 Å². The number of carbonyl (C=O) groups excluding carboxylic acids is 2. The van der Waals surface area contributed by atoms with Crippen LogP contribution in [-0.4, -0.2) is 18.4 Å². The lowest BCUT2D eigenvalue weighted by Crippen LogP contribution is -2.42. The first-order valence-electron chi connectivity index (χ1n) is 13.2. The van der Waals surface area contributed by atoms with E-state index in [1.165, 1.54) is 23.5 Å². The molecule has 198 valence electrons. The van der Waals surface area contributed by atoms with E-state index >= 15 is 0 Å². The summed E-state index contributed by atoms with van der Waals surface area (Å²) in [5.74, 6) is -1.36. The number of nitriles is 1. The lowest BCUT2D eigenvalue weighted by atomic mass is 9.68. The molecule has 0 spiro atoms. The first kappa shape index (κ1) is 26.2. The fourth-order valence-electron chi connectivity index (χ4n) is 6.03. The molecule has 6 nitrogen and oxygen atoms in total. The van der Waals surface area contributed by atoms with Crippen LogP contribution in [0, 0.1) is 22.6 Å². The molecule has 0 bridgehead atoms. The van der Waals surface area contributed by atoms with Crippen LogP contribution < -0.4 is 10.6 Å². The van der Waals surface area contributed by atoms with Crippen molar-refractivity contribution in [2.45, 2.75) is 71.6 Å². The Labute approximate surface area is 226 Å². The molecule has 2 aliphatic carbocycles. The number of hydrogen-bond acceptors (Lipinski definition) is 7. The number of ketones is 1. The zero-order valence-corrected chi connectivity index (χ0v) is 22.8. The highest BCUT2D eigenvalue weighted by molar-refractivity contribution is 7.16. The van der Waals surface area contributed by atoms with E-state index in [2.05, 4.69) is 6.07 Å². The van der Waals surface area contributed by atoms with Gasteiger partial charge in [-0.25, -0.2) is 9.18 Å². The number of ether oxygens (including phenoxy) is 1. The van der Waals surface area contributed by atoms with Gasteiger partial charge in [0.1, 0.15) is 16.6 Å². The number of allylic oxidation sites excluding steroid dienone is 3. The standard InChI is InChI=1S/C30H32FN3O3S/c1-4-37-29(36)25-19-8-6-5-7-9-23(19)38-28(25)34-21-14-30(2,3)15-22(35)26(21)24(20(16-32)27(34)33)17-10-12-18(31)13-11-17/h10-13,24H,4-9,14-15,33H2,1-3H3. The Kier molecular flexibility index (Phi) is 6.91. The maximum Gasteiger partial charge on any atom is 0.341 e. The summed E-state index contributed by atoms with van der Waals surface area (Å²) in [4.78, 5) is 30.1. The van der Waals surface area contributed by atoms with Crippen LogP contribution >= 0.6 is 11.3 Å². The predicted molar refractivity (Wildman–Crippen MR) is 145 cm³/mol. The number of aryl methyl sites for hydroxylation is 1. The van der Waals surface area contributed by atoms with Crippen molar-refractivity contribution in [2.24, 2.45) is 11.1 Å². The molecule has 2 N–H and O–H groups in total. The highest BCUT2D eigenvalue weighted by atomic mass is 32.1. The van der Waals surface area contributed by atoms with E-state index in [0.29, 0.717) is 40.2 Å². The van der Waals surface area contributed by atoms with Crippen LogP contribution in [0.5, 0.6) is 0 Å². The molecular weight excluding hydrogens is 501 g/mol. The summed E-state index contributed by atoms with van der Waals surface area (Å²) in [6, 6.07) is 8.14. The number of Topliss-reactive ketones (excluding diaryl/α,β-unsaturated/α-hetero) is 1. The third-order valence-electron chi connectivity index (χ3n) is 7.67. The Bertz CT molecular complexity index is 1410. The molecule has 38 heavy (non-hydrogen) atoms. The number of hydrogen-bond donors (Lipinski definition) is 1. The van der Waals surface area contributed by atoms with Crippen LogP contribution in [-0.2, 0) is 22.4 Å². The molecule has 0 saturated heterocycles.